The average Bonchev–Trinajstić information content (AvgIpc) is 3.13. The summed E-state index contributed by atoms with van der Waals surface area (Å²) in [5.74, 6) is 2.95. The lowest BCUT2D eigenvalue weighted by Gasteiger charge is -2.36. The van der Waals surface area contributed by atoms with Gasteiger partial charge in [-0.15, -0.1) is 10.2 Å². The molecule has 0 aromatic carbocycles. The van der Waals surface area contributed by atoms with E-state index in [1.807, 2.05) is 0 Å². The van der Waals surface area contributed by atoms with Crippen LogP contribution in [0.3, 0.4) is 0 Å². The predicted molar refractivity (Wildman–Crippen MR) is 71.1 cm³/mol. The fourth-order valence-electron chi connectivity index (χ4n) is 3.30. The van der Waals surface area contributed by atoms with Crippen molar-refractivity contribution in [2.45, 2.75) is 70.4 Å². The molecule has 0 radical (unpaired) electrons. The standard InChI is InChI=1S/C14H24N4/c1-3-11-6-8-14(15,9-7-11)13-17-16-10(2)18(13)12-4-5-12/h11-12H,3-9,15H2,1-2H3. The second kappa shape index (κ2) is 4.34. The lowest BCUT2D eigenvalue weighted by molar-refractivity contribution is 0.216. The summed E-state index contributed by atoms with van der Waals surface area (Å²) in [7, 11) is 0. The third-order valence-electron chi connectivity index (χ3n) is 4.80. The molecule has 4 heteroatoms. The van der Waals surface area contributed by atoms with Gasteiger partial charge in [0.15, 0.2) is 5.82 Å². The highest BCUT2D eigenvalue weighted by Crippen LogP contribution is 2.43. The van der Waals surface area contributed by atoms with Crippen molar-refractivity contribution in [3.8, 4) is 0 Å². The van der Waals surface area contributed by atoms with Gasteiger partial charge in [0.25, 0.3) is 0 Å². The molecular formula is C14H24N4. The van der Waals surface area contributed by atoms with Crippen LogP contribution in [0, 0.1) is 12.8 Å². The SMILES string of the molecule is CCC1CCC(N)(c2nnc(C)n2C2CC2)CC1. The molecule has 1 heterocycles. The van der Waals surface area contributed by atoms with Gasteiger partial charge in [-0.2, -0.15) is 0 Å². The van der Waals surface area contributed by atoms with Crippen LogP contribution >= 0.6 is 0 Å². The zero-order valence-corrected chi connectivity index (χ0v) is 11.5. The number of nitrogens with zero attached hydrogens (tertiary/aromatic N) is 3. The quantitative estimate of drug-likeness (QED) is 0.894. The van der Waals surface area contributed by atoms with Crippen LogP contribution in [-0.4, -0.2) is 14.8 Å². The first kappa shape index (κ1) is 12.2. The molecule has 2 aliphatic carbocycles. The summed E-state index contributed by atoms with van der Waals surface area (Å²) in [5.41, 5.74) is 6.43. The van der Waals surface area contributed by atoms with Gasteiger partial charge < -0.3 is 10.3 Å². The summed E-state index contributed by atoms with van der Waals surface area (Å²) in [6.07, 6.45) is 8.42. The fourth-order valence-corrected chi connectivity index (χ4v) is 3.30. The Morgan fingerprint density at radius 2 is 1.89 bits per heavy atom. The van der Waals surface area contributed by atoms with E-state index >= 15 is 0 Å². The molecule has 2 N–H and O–H groups in total. The van der Waals surface area contributed by atoms with E-state index in [9.17, 15) is 0 Å². The minimum absolute atomic E-state index is 0.227. The first-order chi connectivity index (χ1) is 8.64. The highest BCUT2D eigenvalue weighted by Gasteiger charge is 2.40. The topological polar surface area (TPSA) is 56.7 Å². The fraction of sp³-hybridized carbons (Fsp3) is 0.857. The maximum atomic E-state index is 6.65. The Hall–Kier alpha value is -0.900. The molecule has 2 saturated carbocycles. The largest absolute Gasteiger partial charge is 0.319 e. The number of nitrogens with two attached hydrogens (primary N) is 1. The summed E-state index contributed by atoms with van der Waals surface area (Å²) < 4.78 is 2.31. The van der Waals surface area contributed by atoms with Crippen LogP contribution in [0.15, 0.2) is 0 Å². The molecule has 0 atom stereocenters. The Kier molecular flexibility index (Phi) is 2.93. The summed E-state index contributed by atoms with van der Waals surface area (Å²) in [4.78, 5) is 0. The molecule has 1 aromatic rings. The molecule has 4 nitrogen and oxygen atoms in total. The molecule has 3 rings (SSSR count). The molecule has 0 bridgehead atoms. The van der Waals surface area contributed by atoms with Crippen molar-refractivity contribution in [2.24, 2.45) is 11.7 Å². The lowest BCUT2D eigenvalue weighted by Crippen LogP contribution is -2.43. The molecule has 2 fully saturated rings. The van der Waals surface area contributed by atoms with E-state index < -0.39 is 0 Å². The zero-order chi connectivity index (χ0) is 12.8. The van der Waals surface area contributed by atoms with Gasteiger partial charge in [0, 0.05) is 6.04 Å². The second-order valence-electron chi connectivity index (χ2n) is 6.18. The van der Waals surface area contributed by atoms with E-state index in [0.29, 0.717) is 6.04 Å². The predicted octanol–water partition coefficient (Wildman–Crippen LogP) is 2.68. The maximum absolute atomic E-state index is 6.65. The van der Waals surface area contributed by atoms with Crippen LogP contribution in [0.4, 0.5) is 0 Å². The van der Waals surface area contributed by atoms with Gasteiger partial charge in [-0.25, -0.2) is 0 Å². The van der Waals surface area contributed by atoms with Crippen molar-refractivity contribution in [3.63, 3.8) is 0 Å². The van der Waals surface area contributed by atoms with E-state index in [0.717, 1.165) is 30.4 Å². The summed E-state index contributed by atoms with van der Waals surface area (Å²) in [6, 6.07) is 0.624. The Morgan fingerprint density at radius 1 is 1.22 bits per heavy atom. The minimum atomic E-state index is -0.227. The van der Waals surface area contributed by atoms with Crippen molar-refractivity contribution in [1.82, 2.24) is 14.8 Å². The van der Waals surface area contributed by atoms with Gasteiger partial charge in [0.2, 0.25) is 0 Å². The zero-order valence-electron chi connectivity index (χ0n) is 11.5. The van der Waals surface area contributed by atoms with E-state index in [1.54, 1.807) is 0 Å². The minimum Gasteiger partial charge on any atom is -0.319 e. The van der Waals surface area contributed by atoms with E-state index in [4.69, 9.17) is 5.73 Å². The van der Waals surface area contributed by atoms with E-state index in [2.05, 4.69) is 28.6 Å². The van der Waals surface area contributed by atoms with Gasteiger partial charge >= 0.3 is 0 Å². The van der Waals surface area contributed by atoms with Crippen LogP contribution in [0.2, 0.25) is 0 Å². The Morgan fingerprint density at radius 3 is 2.44 bits per heavy atom. The molecule has 0 aliphatic heterocycles. The van der Waals surface area contributed by atoms with Gasteiger partial charge in [-0.05, 0) is 51.4 Å². The summed E-state index contributed by atoms with van der Waals surface area (Å²) in [6.45, 7) is 4.33. The van der Waals surface area contributed by atoms with Crippen molar-refractivity contribution in [1.29, 1.82) is 0 Å². The average molecular weight is 248 g/mol. The number of rotatable bonds is 3. The maximum Gasteiger partial charge on any atom is 0.153 e. The van der Waals surface area contributed by atoms with Crippen LogP contribution in [0.25, 0.3) is 0 Å². The molecular weight excluding hydrogens is 224 g/mol. The van der Waals surface area contributed by atoms with Gasteiger partial charge in [-0.1, -0.05) is 13.3 Å². The monoisotopic (exact) mass is 248 g/mol. The van der Waals surface area contributed by atoms with Crippen molar-refractivity contribution >= 4 is 0 Å². The van der Waals surface area contributed by atoms with E-state index in [-0.39, 0.29) is 5.54 Å². The summed E-state index contributed by atoms with van der Waals surface area (Å²) >= 11 is 0. The van der Waals surface area contributed by atoms with Crippen molar-refractivity contribution < 1.29 is 0 Å². The molecule has 1 aromatic heterocycles. The molecule has 18 heavy (non-hydrogen) atoms. The van der Waals surface area contributed by atoms with Crippen molar-refractivity contribution in [3.05, 3.63) is 11.6 Å². The highest BCUT2D eigenvalue weighted by molar-refractivity contribution is 5.13. The lowest BCUT2D eigenvalue weighted by atomic mass is 9.75. The molecule has 0 saturated heterocycles. The number of hydrogen-bond donors (Lipinski definition) is 1. The number of hydrogen-bond acceptors (Lipinski definition) is 3. The van der Waals surface area contributed by atoms with Gasteiger partial charge in [-0.3, -0.25) is 0 Å². The molecule has 0 unspecified atom stereocenters. The van der Waals surface area contributed by atoms with E-state index in [1.165, 1.54) is 32.1 Å². The van der Waals surface area contributed by atoms with Crippen LogP contribution in [0.1, 0.15) is 69.6 Å². The van der Waals surface area contributed by atoms with Crippen LogP contribution < -0.4 is 5.73 Å². The Balaban J connectivity index is 1.85. The van der Waals surface area contributed by atoms with Crippen molar-refractivity contribution in [2.75, 3.05) is 0 Å². The Bertz CT molecular complexity index is 425. The third kappa shape index (κ3) is 1.96. The number of aromatic nitrogens is 3. The third-order valence-corrected chi connectivity index (χ3v) is 4.80. The smallest absolute Gasteiger partial charge is 0.153 e. The second-order valence-corrected chi connectivity index (χ2v) is 6.18. The highest BCUT2D eigenvalue weighted by atomic mass is 15.3. The Labute approximate surface area is 109 Å². The van der Waals surface area contributed by atoms with Crippen LogP contribution in [0.5, 0.6) is 0 Å². The van der Waals surface area contributed by atoms with Gasteiger partial charge in [0.1, 0.15) is 5.82 Å². The molecule has 100 valence electrons. The van der Waals surface area contributed by atoms with Gasteiger partial charge in [0.05, 0.1) is 5.54 Å². The first-order valence-corrected chi connectivity index (χ1v) is 7.35. The number of aryl methyl sites for hydroxylation is 1. The van der Waals surface area contributed by atoms with Crippen LogP contribution in [-0.2, 0) is 5.54 Å². The normalized spacial score (nSPS) is 32.7. The summed E-state index contributed by atoms with van der Waals surface area (Å²) in [5, 5.41) is 8.68. The first-order valence-electron chi connectivity index (χ1n) is 7.35. The molecule has 2 aliphatic rings. The molecule has 0 amide bonds. The molecule has 0 spiro atoms.